The van der Waals surface area contributed by atoms with Crippen LogP contribution in [-0.2, 0) is 11.3 Å². The minimum atomic E-state index is -0.888. The van der Waals surface area contributed by atoms with Crippen LogP contribution in [0.2, 0.25) is 0 Å². The molecule has 8 heteroatoms. The summed E-state index contributed by atoms with van der Waals surface area (Å²) in [6, 6.07) is 12.1. The molecule has 0 unspecified atom stereocenters. The highest BCUT2D eigenvalue weighted by Gasteiger charge is 2.09. The summed E-state index contributed by atoms with van der Waals surface area (Å²) in [4.78, 5) is 34.3. The molecule has 0 radical (unpaired) electrons. The average molecular weight is 347 g/mol. The van der Waals surface area contributed by atoms with E-state index >= 15 is 0 Å². The first-order valence-corrected chi connectivity index (χ1v) is 8.41. The Kier molecular flexibility index (Phi) is 6.56. The lowest BCUT2D eigenvalue weighted by atomic mass is 10.2. The quantitative estimate of drug-likeness (QED) is 0.686. The highest BCUT2D eigenvalue weighted by Crippen LogP contribution is 2.01. The van der Waals surface area contributed by atoms with Crippen LogP contribution in [0.5, 0.6) is 0 Å². The number of aromatic nitrogens is 2. The number of hydrogen-bond acceptors (Lipinski definition) is 5. The molecule has 1 aromatic heterocycles. The van der Waals surface area contributed by atoms with Crippen LogP contribution in [0.25, 0.3) is 0 Å². The Morgan fingerprint density at radius 1 is 1.17 bits per heavy atom. The van der Waals surface area contributed by atoms with Crippen molar-refractivity contribution in [1.29, 1.82) is 0 Å². The minimum absolute atomic E-state index is 0.00389. The van der Waals surface area contributed by atoms with Crippen LogP contribution in [-0.4, -0.2) is 44.8 Å². The molecule has 0 bridgehead atoms. The van der Waals surface area contributed by atoms with Gasteiger partial charge in [-0.25, -0.2) is 4.68 Å². The van der Waals surface area contributed by atoms with Crippen LogP contribution in [0.4, 0.5) is 0 Å². The maximum absolute atomic E-state index is 12.0. The Labute approximate surface area is 142 Å². The lowest BCUT2D eigenvalue weighted by Crippen LogP contribution is -2.31. The summed E-state index contributed by atoms with van der Waals surface area (Å²) in [6.45, 7) is 0.617. The van der Waals surface area contributed by atoms with Gasteiger partial charge in [0.25, 0.3) is 11.5 Å². The fourth-order valence-corrected chi connectivity index (χ4v) is 2.49. The number of benzene rings is 1. The Hall–Kier alpha value is -2.61. The van der Waals surface area contributed by atoms with Crippen molar-refractivity contribution in [2.24, 2.45) is 0 Å². The largest absolute Gasteiger partial charge is 0.481 e. The van der Waals surface area contributed by atoms with Crippen LogP contribution in [0.15, 0.2) is 47.3 Å². The van der Waals surface area contributed by atoms with E-state index in [2.05, 4.69) is 10.4 Å². The summed E-state index contributed by atoms with van der Waals surface area (Å²) in [5.41, 5.74) is 0.774. The first kappa shape index (κ1) is 17.7. The van der Waals surface area contributed by atoms with E-state index in [0.29, 0.717) is 12.3 Å². The SMILES string of the molecule is O=C(O)CSCCNC(=O)c1ccc(=O)n(Cc2ccccc2)n1. The maximum Gasteiger partial charge on any atom is 0.313 e. The topological polar surface area (TPSA) is 101 Å². The predicted molar refractivity (Wildman–Crippen MR) is 91.3 cm³/mol. The third-order valence-corrected chi connectivity index (χ3v) is 3.98. The van der Waals surface area contributed by atoms with Gasteiger partial charge < -0.3 is 10.4 Å². The van der Waals surface area contributed by atoms with Gasteiger partial charge in [0, 0.05) is 18.4 Å². The molecule has 0 saturated carbocycles. The molecule has 0 aliphatic heterocycles. The molecule has 2 N–H and O–H groups in total. The van der Waals surface area contributed by atoms with Gasteiger partial charge >= 0.3 is 5.97 Å². The lowest BCUT2D eigenvalue weighted by Gasteiger charge is -2.08. The van der Waals surface area contributed by atoms with Crippen LogP contribution in [0, 0.1) is 0 Å². The van der Waals surface area contributed by atoms with Crippen molar-refractivity contribution in [2.75, 3.05) is 18.1 Å². The number of carboxylic acids is 1. The smallest absolute Gasteiger partial charge is 0.313 e. The van der Waals surface area contributed by atoms with Gasteiger partial charge in [-0.3, -0.25) is 14.4 Å². The van der Waals surface area contributed by atoms with Gasteiger partial charge in [-0.2, -0.15) is 5.10 Å². The van der Waals surface area contributed by atoms with Crippen molar-refractivity contribution in [2.45, 2.75) is 6.54 Å². The highest BCUT2D eigenvalue weighted by atomic mass is 32.2. The number of rotatable bonds is 8. The molecule has 7 nitrogen and oxygen atoms in total. The van der Waals surface area contributed by atoms with E-state index in [1.165, 1.54) is 28.6 Å². The molecular formula is C16H17N3O4S. The third-order valence-electron chi connectivity index (χ3n) is 3.03. The predicted octanol–water partition coefficient (Wildman–Crippen LogP) is 0.839. The molecular weight excluding hydrogens is 330 g/mol. The van der Waals surface area contributed by atoms with E-state index in [0.717, 1.165) is 5.56 Å². The van der Waals surface area contributed by atoms with Crippen LogP contribution < -0.4 is 10.9 Å². The molecule has 1 amide bonds. The molecule has 0 aliphatic carbocycles. The number of thioether (sulfide) groups is 1. The molecule has 1 aromatic carbocycles. The molecule has 0 aliphatic rings. The third kappa shape index (κ3) is 5.54. The van der Waals surface area contributed by atoms with Crippen molar-refractivity contribution in [3.05, 3.63) is 64.1 Å². The molecule has 2 aromatic rings. The Balaban J connectivity index is 1.95. The number of nitrogens with zero attached hydrogens (tertiary/aromatic N) is 2. The summed E-state index contributed by atoms with van der Waals surface area (Å²) < 4.78 is 1.24. The summed E-state index contributed by atoms with van der Waals surface area (Å²) in [5, 5.41) is 15.3. The Morgan fingerprint density at radius 2 is 1.92 bits per heavy atom. The first-order chi connectivity index (χ1) is 11.6. The second-order valence-electron chi connectivity index (χ2n) is 4.90. The number of aliphatic carboxylic acids is 1. The Morgan fingerprint density at radius 3 is 2.62 bits per heavy atom. The summed E-state index contributed by atoms with van der Waals surface area (Å²) in [6.07, 6.45) is 0. The van der Waals surface area contributed by atoms with Gasteiger partial charge in [0.15, 0.2) is 0 Å². The van der Waals surface area contributed by atoms with Gasteiger partial charge in [0.2, 0.25) is 0 Å². The van der Waals surface area contributed by atoms with Crippen molar-refractivity contribution in [1.82, 2.24) is 15.1 Å². The van der Waals surface area contributed by atoms with Crippen molar-refractivity contribution < 1.29 is 14.7 Å². The van der Waals surface area contributed by atoms with Gasteiger partial charge in [-0.15, -0.1) is 11.8 Å². The summed E-state index contributed by atoms with van der Waals surface area (Å²) in [7, 11) is 0. The van der Waals surface area contributed by atoms with Crippen molar-refractivity contribution >= 4 is 23.6 Å². The second kappa shape index (κ2) is 8.88. The van der Waals surface area contributed by atoms with E-state index in [1.54, 1.807) is 0 Å². The second-order valence-corrected chi connectivity index (χ2v) is 6.01. The fourth-order valence-electron chi connectivity index (χ4n) is 1.93. The zero-order chi connectivity index (χ0) is 17.4. The van der Waals surface area contributed by atoms with Crippen LogP contribution in [0.1, 0.15) is 16.1 Å². The highest BCUT2D eigenvalue weighted by molar-refractivity contribution is 7.99. The maximum atomic E-state index is 12.0. The molecule has 0 spiro atoms. The van der Waals surface area contributed by atoms with E-state index in [1.807, 2.05) is 30.3 Å². The molecule has 24 heavy (non-hydrogen) atoms. The summed E-state index contributed by atoms with van der Waals surface area (Å²) >= 11 is 1.22. The number of nitrogens with one attached hydrogen (secondary N) is 1. The van der Waals surface area contributed by atoms with Gasteiger partial charge in [0.1, 0.15) is 5.69 Å². The standard InChI is InChI=1S/C16H17N3O4S/c20-14-7-6-13(16(23)17-8-9-24-11-15(21)22)18-19(14)10-12-4-2-1-3-5-12/h1-7H,8-11H2,(H,17,23)(H,21,22). The Bertz CT molecular complexity index is 761. The molecule has 2 rings (SSSR count). The minimum Gasteiger partial charge on any atom is -0.481 e. The number of amides is 1. The molecule has 0 fully saturated rings. The van der Waals surface area contributed by atoms with Crippen LogP contribution >= 0.6 is 11.8 Å². The van der Waals surface area contributed by atoms with Crippen molar-refractivity contribution in [3.63, 3.8) is 0 Å². The molecule has 1 heterocycles. The number of carbonyl (C=O) groups is 2. The normalized spacial score (nSPS) is 10.3. The average Bonchev–Trinajstić information content (AvgIpc) is 2.57. The van der Waals surface area contributed by atoms with E-state index in [9.17, 15) is 14.4 Å². The first-order valence-electron chi connectivity index (χ1n) is 7.26. The van der Waals surface area contributed by atoms with E-state index in [-0.39, 0.29) is 23.6 Å². The lowest BCUT2D eigenvalue weighted by molar-refractivity contribution is -0.133. The van der Waals surface area contributed by atoms with Gasteiger partial charge in [-0.1, -0.05) is 30.3 Å². The van der Waals surface area contributed by atoms with Crippen molar-refractivity contribution in [3.8, 4) is 0 Å². The van der Waals surface area contributed by atoms with E-state index < -0.39 is 11.9 Å². The fraction of sp³-hybridized carbons (Fsp3) is 0.250. The van der Waals surface area contributed by atoms with Gasteiger partial charge in [0.05, 0.1) is 12.3 Å². The zero-order valence-corrected chi connectivity index (χ0v) is 13.7. The summed E-state index contributed by atoms with van der Waals surface area (Å²) in [5.74, 6) is -0.800. The zero-order valence-electron chi connectivity index (χ0n) is 12.8. The van der Waals surface area contributed by atoms with Gasteiger partial charge in [-0.05, 0) is 11.6 Å². The number of carboxylic acid groups (broad SMARTS) is 1. The van der Waals surface area contributed by atoms with Crippen LogP contribution in [0.3, 0.4) is 0 Å². The molecule has 126 valence electrons. The molecule has 0 atom stereocenters. The number of hydrogen-bond donors (Lipinski definition) is 2. The van der Waals surface area contributed by atoms with E-state index in [4.69, 9.17) is 5.11 Å². The monoisotopic (exact) mass is 347 g/mol. The number of carbonyl (C=O) groups excluding carboxylic acids is 1. The molecule has 0 saturated heterocycles.